The topological polar surface area (TPSA) is 77.6 Å². The van der Waals surface area contributed by atoms with Gasteiger partial charge in [0.1, 0.15) is 11.4 Å². The van der Waals surface area contributed by atoms with Crippen molar-refractivity contribution in [1.82, 2.24) is 9.47 Å². The Labute approximate surface area is 210 Å². The highest BCUT2D eigenvalue weighted by Crippen LogP contribution is 2.46. The summed E-state index contributed by atoms with van der Waals surface area (Å²) in [5.74, 6) is 0.346. The van der Waals surface area contributed by atoms with E-state index in [2.05, 4.69) is 42.0 Å². The van der Waals surface area contributed by atoms with E-state index >= 15 is 0 Å². The van der Waals surface area contributed by atoms with Crippen molar-refractivity contribution in [3.05, 3.63) is 52.5 Å². The van der Waals surface area contributed by atoms with E-state index in [1.807, 2.05) is 30.9 Å². The van der Waals surface area contributed by atoms with E-state index in [1.54, 1.807) is 18.4 Å². The Hall–Kier alpha value is -3.06. The van der Waals surface area contributed by atoms with Crippen molar-refractivity contribution in [1.29, 1.82) is 0 Å². The maximum atomic E-state index is 13.9. The van der Waals surface area contributed by atoms with Crippen molar-refractivity contribution in [2.45, 2.75) is 64.5 Å². The van der Waals surface area contributed by atoms with Crippen LogP contribution in [0.15, 0.2) is 35.7 Å². The number of carbonyl (C=O) groups is 2. The largest absolute Gasteiger partial charge is 0.496 e. The summed E-state index contributed by atoms with van der Waals surface area (Å²) in [7, 11) is 1.62. The highest BCUT2D eigenvalue weighted by atomic mass is 32.1. The summed E-state index contributed by atoms with van der Waals surface area (Å²) in [4.78, 5) is 29.4. The second kappa shape index (κ2) is 8.26. The number of nitrogens with zero attached hydrogens (tertiary/aromatic N) is 2. The van der Waals surface area contributed by atoms with Crippen molar-refractivity contribution < 1.29 is 14.3 Å². The summed E-state index contributed by atoms with van der Waals surface area (Å²) in [5.41, 5.74) is 10.5. The first-order chi connectivity index (χ1) is 16.6. The van der Waals surface area contributed by atoms with Gasteiger partial charge in [0.2, 0.25) is 5.91 Å². The molecule has 35 heavy (non-hydrogen) atoms. The molecule has 1 saturated heterocycles. The molecule has 0 bridgehead atoms. The van der Waals surface area contributed by atoms with E-state index in [9.17, 15) is 9.59 Å². The van der Waals surface area contributed by atoms with Crippen LogP contribution in [0.25, 0.3) is 21.7 Å². The molecule has 0 aliphatic carbocycles. The molecule has 7 heteroatoms. The van der Waals surface area contributed by atoms with E-state index in [-0.39, 0.29) is 11.4 Å². The number of aromatic nitrogens is 1. The van der Waals surface area contributed by atoms with E-state index in [0.717, 1.165) is 64.3 Å². The second-order valence-electron chi connectivity index (χ2n) is 10.7. The van der Waals surface area contributed by atoms with Gasteiger partial charge in [-0.3, -0.25) is 9.59 Å². The van der Waals surface area contributed by atoms with Crippen molar-refractivity contribution in [3.8, 4) is 27.4 Å². The van der Waals surface area contributed by atoms with Crippen LogP contribution in [0.5, 0.6) is 5.75 Å². The molecule has 1 aromatic carbocycles. The van der Waals surface area contributed by atoms with Gasteiger partial charge < -0.3 is 19.9 Å². The number of methoxy groups -OCH3 is 1. The summed E-state index contributed by atoms with van der Waals surface area (Å²) < 4.78 is 7.88. The summed E-state index contributed by atoms with van der Waals surface area (Å²) in [6.45, 7) is 9.45. The Balaban J connectivity index is 1.74. The van der Waals surface area contributed by atoms with E-state index < -0.39 is 11.3 Å². The van der Waals surface area contributed by atoms with Gasteiger partial charge >= 0.3 is 0 Å². The third kappa shape index (κ3) is 3.68. The van der Waals surface area contributed by atoms with E-state index in [1.165, 1.54) is 0 Å². The lowest BCUT2D eigenvalue weighted by Gasteiger charge is -2.32. The fourth-order valence-electron chi connectivity index (χ4n) is 5.56. The number of carbonyl (C=O) groups excluding carboxylic acids is 2. The number of primary amides is 1. The zero-order valence-corrected chi connectivity index (χ0v) is 21.9. The molecule has 5 rings (SSSR count). The Bertz CT molecular complexity index is 1320. The monoisotopic (exact) mass is 491 g/mol. The number of amides is 2. The van der Waals surface area contributed by atoms with Crippen molar-refractivity contribution in [2.75, 3.05) is 13.7 Å². The lowest BCUT2D eigenvalue weighted by Crippen LogP contribution is -2.43. The molecule has 0 spiro atoms. The molecule has 184 valence electrons. The zero-order valence-electron chi connectivity index (χ0n) is 21.1. The van der Waals surface area contributed by atoms with Crippen LogP contribution >= 0.6 is 11.3 Å². The van der Waals surface area contributed by atoms with Gasteiger partial charge in [-0.1, -0.05) is 6.07 Å². The number of ether oxygens (including phenoxy) is 1. The molecule has 0 saturated carbocycles. The van der Waals surface area contributed by atoms with Gasteiger partial charge in [-0.05, 0) is 82.2 Å². The number of thiophene rings is 1. The molecule has 2 aromatic heterocycles. The standard InChI is InChI=1S/C28H33N3O3S/c1-27(2)10-7-11-31(27)25(32)21-16-19(23-8-6-13-35-23)24-18-15-20(28(3,4)26(29)33)22(34-5)14-17(18)9-12-30(21)24/h6,8,13-16H,7,9-12H2,1-5H3,(H2,29,33). The van der Waals surface area contributed by atoms with Crippen molar-refractivity contribution in [3.63, 3.8) is 0 Å². The number of nitrogens with two attached hydrogens (primary N) is 1. The Morgan fingerprint density at radius 3 is 2.51 bits per heavy atom. The normalized spacial score (nSPS) is 16.7. The van der Waals surface area contributed by atoms with Gasteiger partial charge in [0.05, 0.1) is 18.2 Å². The Morgan fingerprint density at radius 2 is 1.91 bits per heavy atom. The molecule has 0 atom stereocenters. The first kappa shape index (κ1) is 23.7. The van der Waals surface area contributed by atoms with Crippen LogP contribution < -0.4 is 10.5 Å². The molecule has 3 aromatic rings. The fourth-order valence-corrected chi connectivity index (χ4v) is 6.31. The summed E-state index contributed by atoms with van der Waals surface area (Å²) in [6, 6.07) is 10.3. The van der Waals surface area contributed by atoms with Crippen LogP contribution in [0.3, 0.4) is 0 Å². The average Bonchev–Trinajstić information content (AvgIpc) is 3.55. The lowest BCUT2D eigenvalue weighted by atomic mass is 9.80. The minimum Gasteiger partial charge on any atom is -0.496 e. The molecule has 0 radical (unpaired) electrons. The lowest BCUT2D eigenvalue weighted by molar-refractivity contribution is -0.122. The van der Waals surface area contributed by atoms with Gasteiger partial charge in [-0.25, -0.2) is 0 Å². The van der Waals surface area contributed by atoms with Gasteiger partial charge in [0.15, 0.2) is 0 Å². The highest BCUT2D eigenvalue weighted by Gasteiger charge is 2.39. The van der Waals surface area contributed by atoms with Crippen molar-refractivity contribution in [2.24, 2.45) is 5.73 Å². The molecular formula is C28H33N3O3S. The number of rotatable bonds is 5. The number of hydrogen-bond acceptors (Lipinski definition) is 4. The third-order valence-corrected chi connectivity index (χ3v) is 8.73. The summed E-state index contributed by atoms with van der Waals surface area (Å²) >= 11 is 1.67. The molecule has 0 unspecified atom stereocenters. The first-order valence-corrected chi connectivity index (χ1v) is 13.1. The third-order valence-electron chi connectivity index (χ3n) is 7.82. The summed E-state index contributed by atoms with van der Waals surface area (Å²) in [5, 5.41) is 2.06. The fraction of sp³-hybridized carbons (Fsp3) is 0.429. The van der Waals surface area contributed by atoms with Gasteiger partial charge in [0, 0.05) is 40.2 Å². The van der Waals surface area contributed by atoms with Gasteiger partial charge in [-0.15, -0.1) is 11.3 Å². The molecule has 1 fully saturated rings. The van der Waals surface area contributed by atoms with E-state index in [4.69, 9.17) is 10.5 Å². The second-order valence-corrected chi connectivity index (χ2v) is 11.7. The molecular weight excluding hydrogens is 458 g/mol. The van der Waals surface area contributed by atoms with Crippen LogP contribution in [0.4, 0.5) is 0 Å². The van der Waals surface area contributed by atoms with Crippen molar-refractivity contribution >= 4 is 23.2 Å². The number of fused-ring (bicyclic) bond motifs is 3. The van der Waals surface area contributed by atoms with Gasteiger partial charge in [-0.2, -0.15) is 0 Å². The molecule has 2 amide bonds. The van der Waals surface area contributed by atoms with E-state index in [0.29, 0.717) is 12.3 Å². The van der Waals surface area contributed by atoms with Crippen LogP contribution in [-0.4, -0.2) is 40.5 Å². The summed E-state index contributed by atoms with van der Waals surface area (Å²) in [6.07, 6.45) is 2.81. The maximum Gasteiger partial charge on any atom is 0.270 e. The number of benzene rings is 1. The first-order valence-electron chi connectivity index (χ1n) is 12.2. The van der Waals surface area contributed by atoms with Crippen LogP contribution in [0, 0.1) is 0 Å². The van der Waals surface area contributed by atoms with Crippen LogP contribution in [0.2, 0.25) is 0 Å². The predicted molar refractivity (Wildman–Crippen MR) is 140 cm³/mol. The zero-order chi connectivity index (χ0) is 25.1. The molecule has 6 nitrogen and oxygen atoms in total. The minimum atomic E-state index is -0.906. The van der Waals surface area contributed by atoms with Gasteiger partial charge in [0.25, 0.3) is 5.91 Å². The quantitative estimate of drug-likeness (QED) is 0.531. The smallest absolute Gasteiger partial charge is 0.270 e. The molecule has 4 heterocycles. The Morgan fingerprint density at radius 1 is 1.14 bits per heavy atom. The maximum absolute atomic E-state index is 13.9. The highest BCUT2D eigenvalue weighted by molar-refractivity contribution is 7.13. The number of aryl methyl sites for hydroxylation is 1. The van der Waals surface area contributed by atoms with Crippen LogP contribution in [-0.2, 0) is 23.2 Å². The number of hydrogen-bond donors (Lipinski definition) is 1. The molecule has 2 N–H and O–H groups in total. The minimum absolute atomic E-state index is 0.0891. The average molecular weight is 492 g/mol. The SMILES string of the molecule is COc1cc2c(cc1C(C)(C)C(N)=O)-c1c(-c3cccs3)cc(C(=O)N3CCCC3(C)C)n1CC2. The molecule has 2 aliphatic rings. The molecule has 2 aliphatic heterocycles. The Kier molecular flexibility index (Phi) is 5.59. The predicted octanol–water partition coefficient (Wildman–Crippen LogP) is 5.23. The van der Waals surface area contributed by atoms with Crippen LogP contribution in [0.1, 0.15) is 62.2 Å². The number of likely N-dealkylation sites (tertiary alicyclic amines) is 1.